The molecule has 3 aromatic rings. The second-order valence-electron chi connectivity index (χ2n) is 9.65. The van der Waals surface area contributed by atoms with E-state index in [1.165, 1.54) is 17.0 Å². The fourth-order valence-electron chi connectivity index (χ4n) is 4.26. The minimum atomic E-state index is -4.16. The highest BCUT2D eigenvalue weighted by molar-refractivity contribution is 7.92. The van der Waals surface area contributed by atoms with Gasteiger partial charge in [0.1, 0.15) is 25.8 Å². The van der Waals surface area contributed by atoms with Crippen LogP contribution in [0.15, 0.2) is 83.8 Å². The number of sulfonamides is 1. The van der Waals surface area contributed by atoms with Crippen molar-refractivity contribution in [2.45, 2.75) is 50.7 Å². The summed E-state index contributed by atoms with van der Waals surface area (Å²) in [5.74, 6) is 0.0619. The highest BCUT2D eigenvalue weighted by Crippen LogP contribution is 2.36. The number of benzene rings is 3. The molecule has 212 valence electrons. The average Bonchev–Trinajstić information content (AvgIpc) is 2.98. The van der Waals surface area contributed by atoms with Crippen LogP contribution in [0.1, 0.15) is 32.8 Å². The normalized spacial score (nSPS) is 14.1. The maximum atomic E-state index is 14.0. The highest BCUT2D eigenvalue weighted by Gasteiger charge is 2.33. The number of rotatable bonds is 11. The van der Waals surface area contributed by atoms with E-state index in [0.717, 1.165) is 16.3 Å². The number of amides is 2. The standard InChI is InChI=1S/C30H35N3O6S/c1-4-22(2)31-30(35)23(3)32(20-24-11-7-5-8-12-24)29(34)21-33(40(36,37)26-13-9-6-10-14-26)25-15-16-27-28(19-25)39-18-17-38-27/h5-16,19,22-23H,4,17-18,20-21H2,1-3H3,(H,31,35)/t22-,23+/m0/s1. The third kappa shape index (κ3) is 6.74. The summed E-state index contributed by atoms with van der Waals surface area (Å²) in [4.78, 5) is 28.6. The first kappa shape index (κ1) is 28.9. The first-order valence-corrected chi connectivity index (χ1v) is 14.8. The van der Waals surface area contributed by atoms with Crippen LogP contribution in [-0.2, 0) is 26.2 Å². The summed E-state index contributed by atoms with van der Waals surface area (Å²) in [6.45, 7) is 5.83. The summed E-state index contributed by atoms with van der Waals surface area (Å²) in [6.07, 6.45) is 0.734. The van der Waals surface area contributed by atoms with E-state index < -0.39 is 28.5 Å². The van der Waals surface area contributed by atoms with Gasteiger partial charge >= 0.3 is 0 Å². The quantitative estimate of drug-likeness (QED) is 0.377. The van der Waals surface area contributed by atoms with Crippen LogP contribution in [-0.4, -0.2) is 57.0 Å². The monoisotopic (exact) mass is 565 g/mol. The van der Waals surface area contributed by atoms with Crippen LogP contribution in [0.2, 0.25) is 0 Å². The van der Waals surface area contributed by atoms with Gasteiger partial charge in [-0.25, -0.2) is 8.42 Å². The number of nitrogens with one attached hydrogen (secondary N) is 1. The smallest absolute Gasteiger partial charge is 0.264 e. The molecule has 0 aromatic heterocycles. The minimum Gasteiger partial charge on any atom is -0.486 e. The SMILES string of the molecule is CC[C@H](C)NC(=O)[C@@H](C)N(Cc1ccccc1)C(=O)CN(c1ccc2c(c1)OCCO2)S(=O)(=O)c1ccccc1. The van der Waals surface area contributed by atoms with E-state index in [9.17, 15) is 18.0 Å². The van der Waals surface area contributed by atoms with E-state index in [2.05, 4.69) is 5.32 Å². The van der Waals surface area contributed by atoms with E-state index in [1.807, 2.05) is 44.2 Å². The molecule has 9 nitrogen and oxygen atoms in total. The van der Waals surface area contributed by atoms with Gasteiger partial charge in [-0.3, -0.25) is 13.9 Å². The van der Waals surface area contributed by atoms with E-state index in [0.29, 0.717) is 24.7 Å². The molecular formula is C30H35N3O6S. The summed E-state index contributed by atoms with van der Waals surface area (Å²) < 4.78 is 40.2. The number of hydrogen-bond donors (Lipinski definition) is 1. The van der Waals surface area contributed by atoms with Gasteiger partial charge < -0.3 is 19.7 Å². The molecule has 0 saturated heterocycles. The van der Waals surface area contributed by atoms with Gasteiger partial charge in [-0.15, -0.1) is 0 Å². The minimum absolute atomic E-state index is 0.0369. The lowest BCUT2D eigenvalue weighted by Gasteiger charge is -2.32. The topological polar surface area (TPSA) is 105 Å². The second kappa shape index (κ2) is 12.9. The van der Waals surface area contributed by atoms with Crippen molar-refractivity contribution in [1.29, 1.82) is 0 Å². The highest BCUT2D eigenvalue weighted by atomic mass is 32.2. The van der Waals surface area contributed by atoms with Crippen molar-refractivity contribution in [3.8, 4) is 11.5 Å². The van der Waals surface area contributed by atoms with Crippen LogP contribution >= 0.6 is 0 Å². The van der Waals surface area contributed by atoms with Gasteiger partial charge in [0.25, 0.3) is 10.0 Å². The Morgan fingerprint density at radius 3 is 2.17 bits per heavy atom. The number of nitrogens with zero attached hydrogens (tertiary/aromatic N) is 2. The molecule has 0 aliphatic carbocycles. The third-order valence-electron chi connectivity index (χ3n) is 6.79. The molecule has 4 rings (SSSR count). The van der Waals surface area contributed by atoms with Gasteiger partial charge in [0.2, 0.25) is 11.8 Å². The van der Waals surface area contributed by atoms with Gasteiger partial charge in [-0.05, 0) is 50.1 Å². The van der Waals surface area contributed by atoms with E-state index in [-0.39, 0.29) is 29.1 Å². The van der Waals surface area contributed by atoms with Crippen molar-refractivity contribution in [3.63, 3.8) is 0 Å². The van der Waals surface area contributed by atoms with Crippen molar-refractivity contribution in [2.75, 3.05) is 24.1 Å². The van der Waals surface area contributed by atoms with Gasteiger partial charge in [0.05, 0.1) is 10.6 Å². The Morgan fingerprint density at radius 2 is 1.52 bits per heavy atom. The van der Waals surface area contributed by atoms with E-state index in [4.69, 9.17) is 9.47 Å². The number of ether oxygens (including phenoxy) is 2. The van der Waals surface area contributed by atoms with Gasteiger partial charge in [0.15, 0.2) is 11.5 Å². The maximum Gasteiger partial charge on any atom is 0.264 e. The average molecular weight is 566 g/mol. The van der Waals surface area contributed by atoms with Crippen molar-refractivity contribution >= 4 is 27.5 Å². The van der Waals surface area contributed by atoms with Crippen LogP contribution < -0.4 is 19.1 Å². The maximum absolute atomic E-state index is 14.0. The fourth-order valence-corrected chi connectivity index (χ4v) is 5.69. The predicted octanol–water partition coefficient (Wildman–Crippen LogP) is 3.99. The van der Waals surface area contributed by atoms with Crippen LogP contribution in [0.4, 0.5) is 5.69 Å². The first-order chi connectivity index (χ1) is 19.2. The molecule has 0 radical (unpaired) electrons. The number of carbonyl (C=O) groups excluding carboxylic acids is 2. The lowest BCUT2D eigenvalue weighted by atomic mass is 10.1. The zero-order chi connectivity index (χ0) is 28.7. The zero-order valence-corrected chi connectivity index (χ0v) is 23.8. The van der Waals surface area contributed by atoms with Crippen LogP contribution in [0, 0.1) is 0 Å². The molecule has 0 fully saturated rings. The summed E-state index contributed by atoms with van der Waals surface area (Å²) >= 11 is 0. The number of fused-ring (bicyclic) bond motifs is 1. The molecule has 1 N–H and O–H groups in total. The Kier molecular flexibility index (Phi) is 9.31. The van der Waals surface area contributed by atoms with Crippen LogP contribution in [0.25, 0.3) is 0 Å². The van der Waals surface area contributed by atoms with Crippen molar-refractivity contribution in [1.82, 2.24) is 10.2 Å². The molecule has 1 aliphatic heterocycles. The van der Waals surface area contributed by atoms with Crippen molar-refractivity contribution < 1.29 is 27.5 Å². The fraction of sp³-hybridized carbons (Fsp3) is 0.333. The summed E-state index contributed by atoms with van der Waals surface area (Å²) in [6, 6.07) is 21.1. The molecule has 40 heavy (non-hydrogen) atoms. The van der Waals surface area contributed by atoms with E-state index >= 15 is 0 Å². The van der Waals surface area contributed by atoms with Crippen molar-refractivity contribution in [3.05, 3.63) is 84.4 Å². The Hall–Kier alpha value is -4.05. The first-order valence-electron chi connectivity index (χ1n) is 13.3. The third-order valence-corrected chi connectivity index (χ3v) is 8.58. The number of carbonyl (C=O) groups is 2. The Balaban J connectivity index is 1.71. The lowest BCUT2D eigenvalue weighted by Crippen LogP contribution is -2.52. The second-order valence-corrected chi connectivity index (χ2v) is 11.5. The van der Waals surface area contributed by atoms with Crippen molar-refractivity contribution in [2.24, 2.45) is 0 Å². The Labute approximate surface area is 235 Å². The van der Waals surface area contributed by atoms with Gasteiger partial charge in [-0.2, -0.15) is 0 Å². The summed E-state index contributed by atoms with van der Waals surface area (Å²) in [5, 5.41) is 2.93. The molecule has 0 spiro atoms. The molecule has 1 heterocycles. The van der Waals surface area contributed by atoms with Gasteiger partial charge in [0, 0.05) is 18.7 Å². The lowest BCUT2D eigenvalue weighted by molar-refractivity contribution is -0.139. The molecular weight excluding hydrogens is 530 g/mol. The molecule has 0 unspecified atom stereocenters. The predicted molar refractivity (Wildman–Crippen MR) is 153 cm³/mol. The summed E-state index contributed by atoms with van der Waals surface area (Å²) in [7, 11) is -4.16. The molecule has 3 aromatic carbocycles. The molecule has 2 atom stereocenters. The van der Waals surface area contributed by atoms with E-state index in [1.54, 1.807) is 43.3 Å². The van der Waals surface area contributed by atoms with Gasteiger partial charge in [-0.1, -0.05) is 55.5 Å². The molecule has 0 saturated carbocycles. The number of anilines is 1. The number of hydrogen-bond acceptors (Lipinski definition) is 6. The molecule has 2 amide bonds. The summed E-state index contributed by atoms with van der Waals surface area (Å²) in [5.41, 5.74) is 1.06. The zero-order valence-electron chi connectivity index (χ0n) is 22.9. The Morgan fingerprint density at radius 1 is 0.900 bits per heavy atom. The van der Waals surface area contributed by atoms with Crippen LogP contribution in [0.5, 0.6) is 11.5 Å². The molecule has 0 bridgehead atoms. The van der Waals surface area contributed by atoms with Crippen LogP contribution in [0.3, 0.4) is 0 Å². The molecule has 10 heteroatoms. The largest absolute Gasteiger partial charge is 0.486 e. The Bertz CT molecular complexity index is 1420. The molecule has 1 aliphatic rings.